The van der Waals surface area contributed by atoms with Crippen LogP contribution in [0.5, 0.6) is 0 Å². The number of carbonyl (C=O) groups excluding carboxylic acids is 1. The fourth-order valence-electron chi connectivity index (χ4n) is 0.0393. The first kappa shape index (κ1) is 9.99. The molecule has 0 spiro atoms. The largest absolute Gasteiger partial charge is 1.00 e. The number of carboxylic acid groups (broad SMARTS) is 1. The molecule has 0 saturated heterocycles. The molecule has 4 nitrogen and oxygen atoms in total. The van der Waals surface area contributed by atoms with Crippen molar-refractivity contribution in [3.8, 4) is 0 Å². The molecule has 6 heteroatoms. The summed E-state index contributed by atoms with van der Waals surface area (Å²) in [6, 6.07) is 0. The molecule has 0 heterocycles. The smallest absolute Gasteiger partial charge is 0.529 e. The molecule has 0 bridgehead atoms. The molecule has 0 aliphatic heterocycles. The minimum absolute atomic E-state index is 0. The molecule has 0 fully saturated rings. The van der Waals surface area contributed by atoms with E-state index < -0.39 is 15.8 Å². The Morgan fingerprint density at radius 1 is 1.71 bits per heavy atom. The summed E-state index contributed by atoms with van der Waals surface area (Å²) in [5.74, 6) is 0. The third-order valence-electron chi connectivity index (χ3n) is 0.144. The predicted molar refractivity (Wildman–Crippen MR) is 14.3 cm³/mol. The molecule has 34 valence electrons. The van der Waals surface area contributed by atoms with Crippen LogP contribution in [0.2, 0.25) is 0 Å². The van der Waals surface area contributed by atoms with Gasteiger partial charge in [-0.1, -0.05) is 0 Å². The van der Waals surface area contributed by atoms with Gasteiger partial charge >= 0.3 is 28.5 Å². The Balaban J connectivity index is 0. The van der Waals surface area contributed by atoms with Crippen molar-refractivity contribution >= 4 is 15.8 Å². The number of hydrogen-bond acceptors (Lipinski definition) is 4. The van der Waals surface area contributed by atoms with Gasteiger partial charge < -0.3 is 18.8 Å². The maximum absolute atomic E-state index is 9.18. The second kappa shape index (κ2) is 5.88. The second-order valence-corrected chi connectivity index (χ2v) is 0.892. The summed E-state index contributed by atoms with van der Waals surface area (Å²) in [6.45, 7) is 0. The van der Waals surface area contributed by atoms with E-state index in [1.54, 1.807) is 0 Å². The first-order valence-corrected chi connectivity index (χ1v) is 2.03. The van der Waals surface area contributed by atoms with Gasteiger partial charge in [-0.25, -0.2) is 0 Å². The molecule has 0 aromatic rings. The minimum Gasteiger partial charge on any atom is -0.529 e. The summed E-state index contributed by atoms with van der Waals surface area (Å²) in [6.07, 6.45) is -1.74. The molecule has 0 saturated carbocycles. The van der Waals surface area contributed by atoms with Crippen molar-refractivity contribution in [1.29, 1.82) is 0 Å². The molecule has 0 aromatic carbocycles. The standard InChI is InChI=1S/CH2O4Si.Li/c2-1(3)5-6-4;/h6H,(H,2,3);/q;+1/p-1. The van der Waals surface area contributed by atoms with Gasteiger partial charge in [0.1, 0.15) is 0 Å². The monoisotopic (exact) mass is 112 g/mol. The summed E-state index contributed by atoms with van der Waals surface area (Å²) in [5, 5.41) is 9.09. The summed E-state index contributed by atoms with van der Waals surface area (Å²) in [4.78, 5) is 9.09. The molecule has 0 aliphatic rings. The van der Waals surface area contributed by atoms with Gasteiger partial charge in [0.25, 0.3) is 0 Å². The zero-order valence-electron chi connectivity index (χ0n) is 3.71. The van der Waals surface area contributed by atoms with Crippen LogP contribution in [0.4, 0.5) is 4.79 Å². The van der Waals surface area contributed by atoms with Crippen molar-refractivity contribution in [3.05, 3.63) is 0 Å². The van der Waals surface area contributed by atoms with Crippen LogP contribution in [0.3, 0.4) is 0 Å². The normalized spacial score (nSPS) is 5.71. The molecule has 0 amide bonds. The van der Waals surface area contributed by atoms with E-state index in [1.165, 1.54) is 0 Å². The fraction of sp³-hybridized carbons (Fsp3) is 0. The molecule has 0 rings (SSSR count). The van der Waals surface area contributed by atoms with E-state index in [1.807, 2.05) is 0 Å². The Bertz CT molecular complexity index is 72.1. The van der Waals surface area contributed by atoms with Crippen LogP contribution in [0.15, 0.2) is 0 Å². The van der Waals surface area contributed by atoms with Gasteiger partial charge in [0.05, 0.1) is 0 Å². The van der Waals surface area contributed by atoms with Crippen LogP contribution in [-0.4, -0.2) is 15.8 Å². The Kier molecular flexibility index (Phi) is 8.40. The quantitative estimate of drug-likeness (QED) is 0.319. The molecule has 7 heavy (non-hydrogen) atoms. The van der Waals surface area contributed by atoms with Crippen LogP contribution in [0.1, 0.15) is 0 Å². The van der Waals surface area contributed by atoms with Crippen molar-refractivity contribution in [2.24, 2.45) is 0 Å². The van der Waals surface area contributed by atoms with Gasteiger partial charge in [-0.3, -0.25) is 0 Å². The zero-order valence-corrected chi connectivity index (χ0v) is 4.87. The average molecular weight is 112 g/mol. The second-order valence-electron chi connectivity index (χ2n) is 0.464. The average Bonchev–Trinajstić information content (AvgIpc) is 1.35. The van der Waals surface area contributed by atoms with E-state index in [0.29, 0.717) is 0 Å². The molecule has 0 N–H and O–H groups in total. The number of rotatable bonds is 1. The van der Waals surface area contributed by atoms with E-state index >= 15 is 0 Å². The minimum atomic E-state index is -1.74. The Hall–Kier alpha value is -0.116. The van der Waals surface area contributed by atoms with Crippen LogP contribution in [0, 0.1) is 0 Å². The van der Waals surface area contributed by atoms with E-state index in [0.717, 1.165) is 0 Å². The maximum atomic E-state index is 9.18. The molecule has 0 unspecified atom stereocenters. The van der Waals surface area contributed by atoms with Crippen molar-refractivity contribution in [3.63, 3.8) is 0 Å². The van der Waals surface area contributed by atoms with Gasteiger partial charge in [-0.15, -0.1) is 0 Å². The predicted octanol–water partition coefficient (Wildman–Crippen LogP) is -4.95. The molecule has 0 atom stereocenters. The third kappa shape index (κ3) is 10.7. The zero-order chi connectivity index (χ0) is 4.99. The van der Waals surface area contributed by atoms with Crippen LogP contribution in [0.25, 0.3) is 0 Å². The van der Waals surface area contributed by atoms with Crippen molar-refractivity contribution < 1.29 is 37.6 Å². The summed E-state index contributed by atoms with van der Waals surface area (Å²) in [5.41, 5.74) is 0. The molecule has 0 aliphatic carbocycles. The Morgan fingerprint density at radius 2 is 2.14 bits per heavy atom. The van der Waals surface area contributed by atoms with Crippen molar-refractivity contribution in [1.82, 2.24) is 0 Å². The van der Waals surface area contributed by atoms with E-state index in [4.69, 9.17) is 9.90 Å². The maximum Gasteiger partial charge on any atom is 1.00 e. The fourth-order valence-corrected chi connectivity index (χ4v) is 0.118. The summed E-state index contributed by atoms with van der Waals surface area (Å²) < 4.78 is 12.6. The van der Waals surface area contributed by atoms with E-state index in [9.17, 15) is 4.46 Å². The van der Waals surface area contributed by atoms with Gasteiger partial charge in [0.15, 0.2) is 0 Å². The number of carbonyl (C=O) groups is 1. The van der Waals surface area contributed by atoms with Gasteiger partial charge in [-0.05, 0) is 0 Å². The molecule has 0 radical (unpaired) electrons. The number of hydrogen-bond donors (Lipinski definition) is 0. The SMILES string of the molecule is O=[SiH]OC(=O)[O-].[Li+]. The van der Waals surface area contributed by atoms with Crippen molar-refractivity contribution in [2.45, 2.75) is 0 Å². The van der Waals surface area contributed by atoms with Gasteiger partial charge in [0, 0.05) is 0 Å². The topological polar surface area (TPSA) is 66.4 Å². The van der Waals surface area contributed by atoms with Crippen molar-refractivity contribution in [2.75, 3.05) is 0 Å². The van der Waals surface area contributed by atoms with Gasteiger partial charge in [-0.2, -0.15) is 0 Å². The first-order valence-electron chi connectivity index (χ1n) is 1.08. The van der Waals surface area contributed by atoms with E-state index in [-0.39, 0.29) is 18.9 Å². The molecular formula is CHLiO4Si. The van der Waals surface area contributed by atoms with Gasteiger partial charge in [0.2, 0.25) is 6.16 Å². The van der Waals surface area contributed by atoms with Crippen LogP contribution < -0.4 is 24.0 Å². The van der Waals surface area contributed by atoms with Crippen LogP contribution >= 0.6 is 0 Å². The van der Waals surface area contributed by atoms with Crippen LogP contribution in [-0.2, 0) is 8.89 Å². The summed E-state index contributed by atoms with van der Waals surface area (Å²) in [7, 11) is -1.66. The summed E-state index contributed by atoms with van der Waals surface area (Å²) >= 11 is 0. The first-order chi connectivity index (χ1) is 2.77. The Labute approximate surface area is 54.0 Å². The Morgan fingerprint density at radius 3 is 2.14 bits per heavy atom. The molecular weight excluding hydrogens is 111 g/mol. The molecule has 0 aromatic heterocycles. The third-order valence-corrected chi connectivity index (χ3v) is 0.433. The van der Waals surface area contributed by atoms with E-state index in [2.05, 4.69) is 4.43 Å².